The standard InChI is InChI=1S/C10H19N3O2S2/c1-3-4-11-7-9(2)17(14,15)13-8-10-12-5-6-16-10/h5-6,9,11,13H,3-4,7-8H2,1-2H3. The second-order valence-corrected chi connectivity index (χ2v) is 6.97. The second kappa shape index (κ2) is 7.05. The van der Waals surface area contributed by atoms with Gasteiger partial charge in [0.05, 0.1) is 11.8 Å². The van der Waals surface area contributed by atoms with Crippen LogP contribution in [0.3, 0.4) is 0 Å². The molecule has 1 aromatic heterocycles. The van der Waals surface area contributed by atoms with E-state index in [0.717, 1.165) is 18.0 Å². The van der Waals surface area contributed by atoms with Gasteiger partial charge >= 0.3 is 0 Å². The summed E-state index contributed by atoms with van der Waals surface area (Å²) in [6, 6.07) is 0. The van der Waals surface area contributed by atoms with Crippen molar-refractivity contribution in [3.63, 3.8) is 0 Å². The fourth-order valence-electron chi connectivity index (χ4n) is 1.24. The molecule has 7 heteroatoms. The topological polar surface area (TPSA) is 71.1 Å². The molecule has 0 saturated heterocycles. The van der Waals surface area contributed by atoms with E-state index in [0.29, 0.717) is 6.54 Å². The van der Waals surface area contributed by atoms with Crippen molar-refractivity contribution in [1.82, 2.24) is 15.0 Å². The van der Waals surface area contributed by atoms with Gasteiger partial charge < -0.3 is 5.32 Å². The van der Waals surface area contributed by atoms with Crippen molar-refractivity contribution < 1.29 is 8.42 Å². The summed E-state index contributed by atoms with van der Waals surface area (Å²) in [6.07, 6.45) is 2.67. The first-order valence-corrected chi connectivity index (χ1v) is 8.06. The molecule has 98 valence electrons. The largest absolute Gasteiger partial charge is 0.315 e. The average molecular weight is 277 g/mol. The Morgan fingerprint density at radius 3 is 2.88 bits per heavy atom. The molecular formula is C10H19N3O2S2. The van der Waals surface area contributed by atoms with Crippen molar-refractivity contribution in [2.24, 2.45) is 0 Å². The average Bonchev–Trinajstić information content (AvgIpc) is 2.79. The minimum absolute atomic E-state index is 0.276. The van der Waals surface area contributed by atoms with Crippen LogP contribution in [0, 0.1) is 0 Å². The van der Waals surface area contributed by atoms with Crippen LogP contribution < -0.4 is 10.0 Å². The quantitative estimate of drug-likeness (QED) is 0.694. The van der Waals surface area contributed by atoms with Crippen LogP contribution in [-0.2, 0) is 16.6 Å². The summed E-state index contributed by atoms with van der Waals surface area (Å²) in [6.45, 7) is 5.34. The number of hydrogen-bond acceptors (Lipinski definition) is 5. The minimum Gasteiger partial charge on any atom is -0.315 e. The van der Waals surface area contributed by atoms with Crippen LogP contribution in [0.4, 0.5) is 0 Å². The maximum atomic E-state index is 11.8. The maximum absolute atomic E-state index is 11.8. The maximum Gasteiger partial charge on any atom is 0.215 e. The Kier molecular flexibility index (Phi) is 6.04. The number of aromatic nitrogens is 1. The highest BCUT2D eigenvalue weighted by Crippen LogP contribution is 2.05. The van der Waals surface area contributed by atoms with E-state index < -0.39 is 15.3 Å². The Bertz CT molecular complexity index is 403. The fourth-order valence-corrected chi connectivity index (χ4v) is 2.84. The summed E-state index contributed by atoms with van der Waals surface area (Å²) in [4.78, 5) is 4.03. The van der Waals surface area contributed by atoms with Crippen LogP contribution in [0.15, 0.2) is 11.6 Å². The van der Waals surface area contributed by atoms with Gasteiger partial charge in [0.25, 0.3) is 0 Å². The van der Waals surface area contributed by atoms with Gasteiger partial charge in [0.2, 0.25) is 10.0 Å². The normalized spacial score (nSPS) is 13.8. The van der Waals surface area contributed by atoms with E-state index in [1.807, 2.05) is 12.3 Å². The van der Waals surface area contributed by atoms with Gasteiger partial charge in [0, 0.05) is 18.1 Å². The first kappa shape index (κ1) is 14.6. The summed E-state index contributed by atoms with van der Waals surface area (Å²) in [7, 11) is -3.26. The van der Waals surface area contributed by atoms with E-state index in [-0.39, 0.29) is 6.54 Å². The van der Waals surface area contributed by atoms with E-state index >= 15 is 0 Å². The monoisotopic (exact) mass is 277 g/mol. The molecule has 5 nitrogen and oxygen atoms in total. The van der Waals surface area contributed by atoms with E-state index in [1.54, 1.807) is 13.1 Å². The summed E-state index contributed by atoms with van der Waals surface area (Å²) >= 11 is 1.44. The molecule has 0 aromatic carbocycles. The summed E-state index contributed by atoms with van der Waals surface area (Å²) in [5.74, 6) is 0. The lowest BCUT2D eigenvalue weighted by Gasteiger charge is -2.13. The van der Waals surface area contributed by atoms with Gasteiger partial charge in [-0.3, -0.25) is 0 Å². The number of hydrogen-bond donors (Lipinski definition) is 2. The Balaban J connectivity index is 2.39. The highest BCUT2D eigenvalue weighted by molar-refractivity contribution is 7.90. The Morgan fingerprint density at radius 1 is 1.53 bits per heavy atom. The molecule has 1 atom stereocenters. The molecule has 0 spiro atoms. The molecule has 0 aliphatic heterocycles. The highest BCUT2D eigenvalue weighted by Gasteiger charge is 2.19. The van der Waals surface area contributed by atoms with E-state index in [2.05, 4.69) is 15.0 Å². The van der Waals surface area contributed by atoms with Gasteiger partial charge in [0.1, 0.15) is 5.01 Å². The lowest BCUT2D eigenvalue weighted by Crippen LogP contribution is -2.38. The molecular weight excluding hydrogens is 258 g/mol. The zero-order chi connectivity index (χ0) is 12.7. The zero-order valence-electron chi connectivity index (χ0n) is 10.1. The third kappa shape index (κ3) is 5.12. The number of sulfonamides is 1. The van der Waals surface area contributed by atoms with Crippen LogP contribution in [0.1, 0.15) is 25.3 Å². The SMILES string of the molecule is CCCNCC(C)S(=O)(=O)NCc1nccs1. The highest BCUT2D eigenvalue weighted by atomic mass is 32.2. The molecule has 1 rings (SSSR count). The van der Waals surface area contributed by atoms with Gasteiger partial charge in [-0.15, -0.1) is 11.3 Å². The molecule has 0 amide bonds. The number of nitrogens with zero attached hydrogens (tertiary/aromatic N) is 1. The van der Waals surface area contributed by atoms with Gasteiger partial charge in [-0.1, -0.05) is 6.92 Å². The van der Waals surface area contributed by atoms with Crippen molar-refractivity contribution in [3.05, 3.63) is 16.6 Å². The Morgan fingerprint density at radius 2 is 2.29 bits per heavy atom. The van der Waals surface area contributed by atoms with E-state index in [4.69, 9.17) is 0 Å². The van der Waals surface area contributed by atoms with Crippen molar-refractivity contribution in [2.75, 3.05) is 13.1 Å². The Labute approximate surface area is 107 Å². The van der Waals surface area contributed by atoms with Crippen molar-refractivity contribution >= 4 is 21.4 Å². The number of thiazole rings is 1. The van der Waals surface area contributed by atoms with E-state index in [9.17, 15) is 8.42 Å². The van der Waals surface area contributed by atoms with Gasteiger partial charge in [0.15, 0.2) is 0 Å². The molecule has 0 fully saturated rings. The van der Waals surface area contributed by atoms with Crippen LogP contribution in [-0.4, -0.2) is 31.7 Å². The molecule has 0 aliphatic rings. The molecule has 1 aromatic rings. The van der Waals surface area contributed by atoms with Crippen molar-refractivity contribution in [3.8, 4) is 0 Å². The molecule has 17 heavy (non-hydrogen) atoms. The summed E-state index contributed by atoms with van der Waals surface area (Å²) < 4.78 is 26.3. The second-order valence-electron chi connectivity index (χ2n) is 3.81. The zero-order valence-corrected chi connectivity index (χ0v) is 11.8. The molecule has 0 bridgehead atoms. The predicted molar refractivity (Wildman–Crippen MR) is 70.5 cm³/mol. The third-order valence-electron chi connectivity index (χ3n) is 2.30. The third-order valence-corrected chi connectivity index (χ3v) is 4.85. The Hall–Kier alpha value is -0.500. The summed E-state index contributed by atoms with van der Waals surface area (Å²) in [5, 5.41) is 5.27. The molecule has 0 radical (unpaired) electrons. The van der Waals surface area contributed by atoms with Gasteiger partial charge in [-0.05, 0) is 19.9 Å². The smallest absolute Gasteiger partial charge is 0.215 e. The van der Waals surface area contributed by atoms with Crippen LogP contribution in [0.5, 0.6) is 0 Å². The lowest BCUT2D eigenvalue weighted by atomic mass is 10.4. The van der Waals surface area contributed by atoms with Crippen molar-refractivity contribution in [2.45, 2.75) is 32.1 Å². The predicted octanol–water partition coefficient (Wildman–Crippen LogP) is 0.951. The van der Waals surface area contributed by atoms with E-state index in [1.165, 1.54) is 11.3 Å². The van der Waals surface area contributed by atoms with Gasteiger partial charge in [-0.25, -0.2) is 18.1 Å². The molecule has 0 saturated carbocycles. The first-order valence-electron chi connectivity index (χ1n) is 5.64. The van der Waals surface area contributed by atoms with Crippen LogP contribution in [0.25, 0.3) is 0 Å². The van der Waals surface area contributed by atoms with Crippen LogP contribution in [0.2, 0.25) is 0 Å². The van der Waals surface area contributed by atoms with Crippen LogP contribution >= 0.6 is 11.3 Å². The fraction of sp³-hybridized carbons (Fsp3) is 0.700. The molecule has 1 heterocycles. The number of rotatable bonds is 8. The summed E-state index contributed by atoms with van der Waals surface area (Å²) in [5.41, 5.74) is 0. The molecule has 1 unspecified atom stereocenters. The first-order chi connectivity index (χ1) is 8.06. The molecule has 0 aliphatic carbocycles. The minimum atomic E-state index is -3.26. The number of nitrogens with one attached hydrogen (secondary N) is 2. The van der Waals surface area contributed by atoms with Gasteiger partial charge in [-0.2, -0.15) is 0 Å². The lowest BCUT2D eigenvalue weighted by molar-refractivity contribution is 0.556. The van der Waals surface area contributed by atoms with Crippen molar-refractivity contribution in [1.29, 1.82) is 0 Å². The molecule has 2 N–H and O–H groups in total.